The number of nitrogens with one attached hydrogen (secondary N) is 3. The highest BCUT2D eigenvalue weighted by Gasteiger charge is 2.20. The Morgan fingerprint density at radius 2 is 1.96 bits per heavy atom. The molecule has 23 heavy (non-hydrogen) atoms. The van der Waals surface area contributed by atoms with Crippen molar-refractivity contribution in [1.82, 2.24) is 16.0 Å². The summed E-state index contributed by atoms with van der Waals surface area (Å²) < 4.78 is 0. The molecule has 2 rings (SSSR count). The Balaban J connectivity index is 0.00000264. The third-order valence-electron chi connectivity index (χ3n) is 3.88. The van der Waals surface area contributed by atoms with Crippen molar-refractivity contribution in [3.63, 3.8) is 0 Å². The van der Waals surface area contributed by atoms with Gasteiger partial charge in [-0.15, -0.1) is 12.4 Å². The number of hydrogen-bond donors (Lipinski definition) is 3. The van der Waals surface area contributed by atoms with Gasteiger partial charge in [0, 0.05) is 29.8 Å². The minimum atomic E-state index is -0.132. The standard InChI is InChI=1S/C17H25N3O2.ClH/c1-3-8-19-16(21)13-5-4-6-14(11-13)17(22)20-15-7-9-18-12(2)10-15;/h4-6,11-12,15,18H,3,7-10H2,1-2H3,(H,19,21)(H,20,22);1H. The van der Waals surface area contributed by atoms with Gasteiger partial charge in [-0.3, -0.25) is 9.59 Å². The first kappa shape index (κ1) is 19.5. The lowest BCUT2D eigenvalue weighted by Gasteiger charge is -2.28. The van der Waals surface area contributed by atoms with Gasteiger partial charge in [0.05, 0.1) is 0 Å². The first-order chi connectivity index (χ1) is 10.6. The van der Waals surface area contributed by atoms with Crippen molar-refractivity contribution in [3.05, 3.63) is 35.4 Å². The summed E-state index contributed by atoms with van der Waals surface area (Å²) in [6.07, 6.45) is 2.76. The molecule has 2 amide bonds. The van der Waals surface area contributed by atoms with Gasteiger partial charge >= 0.3 is 0 Å². The van der Waals surface area contributed by atoms with Crippen LogP contribution in [0.15, 0.2) is 24.3 Å². The second-order valence-corrected chi connectivity index (χ2v) is 5.89. The SMILES string of the molecule is CCCNC(=O)c1cccc(C(=O)NC2CCNC(C)C2)c1.Cl. The molecule has 0 saturated carbocycles. The van der Waals surface area contributed by atoms with Gasteiger partial charge in [0.25, 0.3) is 11.8 Å². The second-order valence-electron chi connectivity index (χ2n) is 5.89. The number of rotatable bonds is 5. The molecule has 1 fully saturated rings. The molecule has 1 aliphatic rings. The van der Waals surface area contributed by atoms with Crippen LogP contribution in [0.25, 0.3) is 0 Å². The minimum absolute atomic E-state index is 0. The second kappa shape index (κ2) is 9.53. The zero-order valence-corrected chi connectivity index (χ0v) is 14.5. The van der Waals surface area contributed by atoms with Gasteiger partial charge in [-0.2, -0.15) is 0 Å². The van der Waals surface area contributed by atoms with Crippen molar-refractivity contribution >= 4 is 24.2 Å². The van der Waals surface area contributed by atoms with Crippen molar-refractivity contribution < 1.29 is 9.59 Å². The van der Waals surface area contributed by atoms with E-state index in [9.17, 15) is 9.59 Å². The molecule has 2 atom stereocenters. The summed E-state index contributed by atoms with van der Waals surface area (Å²) in [4.78, 5) is 24.3. The molecule has 1 aromatic rings. The molecule has 0 radical (unpaired) electrons. The van der Waals surface area contributed by atoms with E-state index in [1.54, 1.807) is 24.3 Å². The van der Waals surface area contributed by atoms with E-state index in [1.807, 2.05) is 6.92 Å². The van der Waals surface area contributed by atoms with Crippen molar-refractivity contribution in [3.8, 4) is 0 Å². The number of carbonyl (C=O) groups is 2. The molecular formula is C17H26ClN3O2. The average molecular weight is 340 g/mol. The normalized spacial score (nSPS) is 20.3. The van der Waals surface area contributed by atoms with E-state index in [4.69, 9.17) is 0 Å². The molecule has 2 unspecified atom stereocenters. The van der Waals surface area contributed by atoms with Crippen molar-refractivity contribution in [2.45, 2.75) is 45.2 Å². The van der Waals surface area contributed by atoms with Crippen LogP contribution in [-0.4, -0.2) is 37.0 Å². The number of benzene rings is 1. The van der Waals surface area contributed by atoms with Gasteiger partial charge in [0.15, 0.2) is 0 Å². The quantitative estimate of drug-likeness (QED) is 0.769. The Hall–Kier alpha value is -1.59. The molecule has 0 aromatic heterocycles. The van der Waals surface area contributed by atoms with Gasteiger partial charge in [0.1, 0.15) is 0 Å². The van der Waals surface area contributed by atoms with E-state index in [1.165, 1.54) is 0 Å². The molecule has 5 nitrogen and oxygen atoms in total. The molecule has 1 saturated heterocycles. The maximum absolute atomic E-state index is 12.3. The fourth-order valence-corrected chi connectivity index (χ4v) is 2.67. The molecule has 0 bridgehead atoms. The Morgan fingerprint density at radius 3 is 2.61 bits per heavy atom. The fraction of sp³-hybridized carbons (Fsp3) is 0.529. The maximum atomic E-state index is 12.3. The summed E-state index contributed by atoms with van der Waals surface area (Å²) >= 11 is 0. The molecule has 1 aromatic carbocycles. The lowest BCUT2D eigenvalue weighted by atomic mass is 10.00. The molecule has 0 spiro atoms. The summed E-state index contributed by atoms with van der Waals surface area (Å²) in [7, 11) is 0. The number of halogens is 1. The smallest absolute Gasteiger partial charge is 0.251 e. The van der Waals surface area contributed by atoms with Crippen LogP contribution in [-0.2, 0) is 0 Å². The third-order valence-corrected chi connectivity index (χ3v) is 3.88. The number of carbonyl (C=O) groups excluding carboxylic acids is 2. The summed E-state index contributed by atoms with van der Waals surface area (Å²) in [5.74, 6) is -0.240. The largest absolute Gasteiger partial charge is 0.352 e. The van der Waals surface area contributed by atoms with Gasteiger partial charge in [-0.1, -0.05) is 13.0 Å². The van der Waals surface area contributed by atoms with Crippen molar-refractivity contribution in [2.75, 3.05) is 13.1 Å². The maximum Gasteiger partial charge on any atom is 0.251 e. The molecule has 6 heteroatoms. The summed E-state index contributed by atoms with van der Waals surface area (Å²) in [6.45, 7) is 5.69. The van der Waals surface area contributed by atoms with Crippen LogP contribution in [0.4, 0.5) is 0 Å². The Morgan fingerprint density at radius 1 is 1.26 bits per heavy atom. The first-order valence-electron chi connectivity index (χ1n) is 8.02. The van der Waals surface area contributed by atoms with Crippen LogP contribution in [0, 0.1) is 0 Å². The van der Waals surface area contributed by atoms with E-state index < -0.39 is 0 Å². The van der Waals surface area contributed by atoms with Crippen LogP contribution in [0.1, 0.15) is 53.8 Å². The highest BCUT2D eigenvalue weighted by Crippen LogP contribution is 2.11. The molecule has 1 heterocycles. The van der Waals surface area contributed by atoms with E-state index in [0.29, 0.717) is 23.7 Å². The first-order valence-corrected chi connectivity index (χ1v) is 8.02. The third kappa shape index (κ3) is 5.84. The van der Waals surface area contributed by atoms with Gasteiger partial charge in [0.2, 0.25) is 0 Å². The molecule has 3 N–H and O–H groups in total. The highest BCUT2D eigenvalue weighted by atomic mass is 35.5. The minimum Gasteiger partial charge on any atom is -0.352 e. The Labute approximate surface area is 144 Å². The van der Waals surface area contributed by atoms with Gasteiger partial charge in [-0.05, 0) is 50.9 Å². The predicted octanol–water partition coefficient (Wildman–Crippen LogP) is 2.12. The lowest BCUT2D eigenvalue weighted by Crippen LogP contribution is -2.46. The molecule has 1 aliphatic heterocycles. The topological polar surface area (TPSA) is 70.2 Å². The zero-order valence-electron chi connectivity index (χ0n) is 13.7. The van der Waals surface area contributed by atoms with Crippen LogP contribution in [0.3, 0.4) is 0 Å². The summed E-state index contributed by atoms with van der Waals surface area (Å²) in [5.41, 5.74) is 1.06. The Bertz CT molecular complexity index is 536. The summed E-state index contributed by atoms with van der Waals surface area (Å²) in [6, 6.07) is 7.50. The van der Waals surface area contributed by atoms with Crippen LogP contribution < -0.4 is 16.0 Å². The molecule has 128 valence electrons. The lowest BCUT2D eigenvalue weighted by molar-refractivity contribution is 0.0925. The fourth-order valence-electron chi connectivity index (χ4n) is 2.67. The number of piperidine rings is 1. The highest BCUT2D eigenvalue weighted by molar-refractivity contribution is 5.99. The van der Waals surface area contributed by atoms with Gasteiger partial charge in [-0.25, -0.2) is 0 Å². The van der Waals surface area contributed by atoms with Gasteiger partial charge < -0.3 is 16.0 Å². The zero-order chi connectivity index (χ0) is 15.9. The van der Waals surface area contributed by atoms with E-state index in [-0.39, 0.29) is 30.3 Å². The van der Waals surface area contributed by atoms with Crippen molar-refractivity contribution in [1.29, 1.82) is 0 Å². The number of hydrogen-bond acceptors (Lipinski definition) is 3. The van der Waals surface area contributed by atoms with Crippen LogP contribution >= 0.6 is 12.4 Å². The van der Waals surface area contributed by atoms with Crippen LogP contribution in [0.2, 0.25) is 0 Å². The van der Waals surface area contributed by atoms with E-state index in [0.717, 1.165) is 25.8 Å². The number of amides is 2. The predicted molar refractivity (Wildman–Crippen MR) is 94.3 cm³/mol. The van der Waals surface area contributed by atoms with Crippen molar-refractivity contribution in [2.24, 2.45) is 0 Å². The molecular weight excluding hydrogens is 314 g/mol. The average Bonchev–Trinajstić information content (AvgIpc) is 2.52. The van der Waals surface area contributed by atoms with E-state index >= 15 is 0 Å². The van der Waals surface area contributed by atoms with Crippen LogP contribution in [0.5, 0.6) is 0 Å². The summed E-state index contributed by atoms with van der Waals surface area (Å²) in [5, 5.41) is 9.25. The monoisotopic (exact) mass is 339 g/mol. The Kier molecular flexibility index (Phi) is 8.06. The van der Waals surface area contributed by atoms with E-state index in [2.05, 4.69) is 22.9 Å². The molecule has 0 aliphatic carbocycles.